The van der Waals surface area contributed by atoms with Gasteiger partial charge in [0.25, 0.3) is 0 Å². The maximum Gasteiger partial charge on any atom is 0.308 e. The molecule has 2 atom stereocenters. The largest absolute Gasteiger partial charge is 0.481 e. The summed E-state index contributed by atoms with van der Waals surface area (Å²) in [4.78, 5) is 13.4. The van der Waals surface area contributed by atoms with E-state index in [4.69, 9.17) is 4.42 Å². The molecule has 0 radical (unpaired) electrons. The van der Waals surface area contributed by atoms with E-state index in [1.807, 2.05) is 50.2 Å². The number of carboxylic acids is 1. The summed E-state index contributed by atoms with van der Waals surface area (Å²) in [5.41, 5.74) is 1.74. The number of carboxylic acid groups (broad SMARTS) is 1. The van der Waals surface area contributed by atoms with E-state index in [0.29, 0.717) is 6.42 Å². The summed E-state index contributed by atoms with van der Waals surface area (Å²) in [6, 6.07) is 7.53. The molecule has 0 spiro atoms. The van der Waals surface area contributed by atoms with Crippen LogP contribution >= 0.6 is 0 Å². The molecule has 2 rings (SSSR count). The summed E-state index contributed by atoms with van der Waals surface area (Å²) in [6.45, 7) is 1.90. The summed E-state index contributed by atoms with van der Waals surface area (Å²) in [5, 5.41) is 10.4. The minimum Gasteiger partial charge on any atom is -0.481 e. The number of hydrogen-bond donors (Lipinski definition) is 1. The first-order valence-corrected chi connectivity index (χ1v) is 6.41. The number of para-hydroxylation sites is 1. The van der Waals surface area contributed by atoms with Crippen molar-refractivity contribution in [2.45, 2.75) is 19.4 Å². The highest BCUT2D eigenvalue weighted by atomic mass is 16.4. The van der Waals surface area contributed by atoms with Crippen LogP contribution in [0.5, 0.6) is 0 Å². The van der Waals surface area contributed by atoms with E-state index in [9.17, 15) is 9.90 Å². The van der Waals surface area contributed by atoms with Crippen molar-refractivity contribution in [3.8, 4) is 0 Å². The van der Waals surface area contributed by atoms with Gasteiger partial charge in [0.05, 0.1) is 18.2 Å². The molecular formula is C15H19NO3. The molecule has 1 aromatic heterocycles. The summed E-state index contributed by atoms with van der Waals surface area (Å²) < 4.78 is 5.53. The predicted octanol–water partition coefficient (Wildman–Crippen LogP) is 3.15. The van der Waals surface area contributed by atoms with Crippen LogP contribution in [-0.2, 0) is 4.79 Å². The minimum absolute atomic E-state index is 0.189. The van der Waals surface area contributed by atoms with Crippen molar-refractivity contribution in [3.05, 3.63) is 36.1 Å². The third-order valence-corrected chi connectivity index (χ3v) is 3.52. The zero-order valence-electron chi connectivity index (χ0n) is 11.5. The number of benzene rings is 1. The Morgan fingerprint density at radius 2 is 2.05 bits per heavy atom. The summed E-state index contributed by atoms with van der Waals surface area (Å²) in [7, 11) is 3.80. The molecule has 102 valence electrons. The lowest BCUT2D eigenvalue weighted by Crippen LogP contribution is -2.31. The van der Waals surface area contributed by atoms with E-state index < -0.39 is 11.9 Å². The third kappa shape index (κ3) is 2.49. The van der Waals surface area contributed by atoms with E-state index in [0.717, 1.165) is 16.5 Å². The standard InChI is InChI=1S/C15H19NO3/c1-4-10(15(17)18)14(16(2)3)12-9-19-13-8-6-5-7-11(12)13/h5-10,14H,4H2,1-3H3,(H,17,18). The molecule has 1 aromatic carbocycles. The molecule has 4 nitrogen and oxygen atoms in total. The van der Waals surface area contributed by atoms with Gasteiger partial charge in [-0.25, -0.2) is 0 Å². The third-order valence-electron chi connectivity index (χ3n) is 3.52. The number of rotatable bonds is 5. The van der Waals surface area contributed by atoms with Crippen LogP contribution in [0.4, 0.5) is 0 Å². The Hall–Kier alpha value is -1.81. The van der Waals surface area contributed by atoms with Crippen molar-refractivity contribution in [3.63, 3.8) is 0 Å². The highest BCUT2D eigenvalue weighted by molar-refractivity contribution is 5.82. The van der Waals surface area contributed by atoms with Crippen LogP contribution in [0.3, 0.4) is 0 Å². The molecular weight excluding hydrogens is 242 g/mol. The molecule has 0 saturated carbocycles. The highest BCUT2D eigenvalue weighted by Gasteiger charge is 2.31. The van der Waals surface area contributed by atoms with Crippen molar-refractivity contribution in [2.24, 2.45) is 5.92 Å². The summed E-state index contributed by atoms with van der Waals surface area (Å²) in [5.74, 6) is -1.22. The zero-order valence-corrected chi connectivity index (χ0v) is 11.5. The molecule has 4 heteroatoms. The Morgan fingerprint density at radius 1 is 1.37 bits per heavy atom. The fourth-order valence-electron chi connectivity index (χ4n) is 2.62. The molecule has 0 bridgehead atoms. The molecule has 2 unspecified atom stereocenters. The van der Waals surface area contributed by atoms with Crippen LogP contribution in [0.2, 0.25) is 0 Å². The molecule has 0 saturated heterocycles. The minimum atomic E-state index is -0.772. The number of carbonyl (C=O) groups is 1. The van der Waals surface area contributed by atoms with Crippen molar-refractivity contribution >= 4 is 16.9 Å². The van der Waals surface area contributed by atoms with Gasteiger partial charge >= 0.3 is 5.97 Å². The molecule has 1 heterocycles. The van der Waals surface area contributed by atoms with Gasteiger partial charge in [-0.3, -0.25) is 4.79 Å². The average Bonchev–Trinajstić information content (AvgIpc) is 2.78. The highest BCUT2D eigenvalue weighted by Crippen LogP contribution is 2.35. The number of nitrogens with zero attached hydrogens (tertiary/aromatic N) is 1. The van der Waals surface area contributed by atoms with Gasteiger partial charge in [0.15, 0.2) is 0 Å². The quantitative estimate of drug-likeness (QED) is 0.898. The van der Waals surface area contributed by atoms with Gasteiger partial charge in [0.2, 0.25) is 0 Å². The zero-order chi connectivity index (χ0) is 14.0. The second kappa shape index (κ2) is 5.45. The van der Waals surface area contributed by atoms with E-state index in [-0.39, 0.29) is 6.04 Å². The van der Waals surface area contributed by atoms with Gasteiger partial charge in [-0.15, -0.1) is 0 Å². The fraction of sp³-hybridized carbons (Fsp3) is 0.400. The Labute approximate surface area is 112 Å². The molecule has 0 fully saturated rings. The first-order chi connectivity index (χ1) is 9.06. The number of aliphatic carboxylic acids is 1. The van der Waals surface area contributed by atoms with E-state index >= 15 is 0 Å². The number of furan rings is 1. The van der Waals surface area contributed by atoms with Gasteiger partial charge in [-0.1, -0.05) is 25.1 Å². The van der Waals surface area contributed by atoms with Crippen LogP contribution in [0.15, 0.2) is 34.9 Å². The molecule has 0 aliphatic rings. The number of hydrogen-bond acceptors (Lipinski definition) is 3. The van der Waals surface area contributed by atoms with E-state index in [2.05, 4.69) is 0 Å². The van der Waals surface area contributed by atoms with Gasteiger partial charge in [-0.05, 0) is 26.6 Å². The fourth-order valence-corrected chi connectivity index (χ4v) is 2.62. The summed E-state index contributed by atoms with van der Waals surface area (Å²) in [6.07, 6.45) is 2.26. The van der Waals surface area contributed by atoms with Crippen molar-refractivity contribution in [1.82, 2.24) is 4.90 Å². The van der Waals surface area contributed by atoms with Gasteiger partial charge in [-0.2, -0.15) is 0 Å². The molecule has 2 aromatic rings. The predicted molar refractivity (Wildman–Crippen MR) is 74.1 cm³/mol. The normalized spacial score (nSPS) is 14.7. The first kappa shape index (κ1) is 13.6. The van der Waals surface area contributed by atoms with E-state index in [1.54, 1.807) is 6.26 Å². The van der Waals surface area contributed by atoms with Crippen LogP contribution in [0, 0.1) is 5.92 Å². The topological polar surface area (TPSA) is 53.7 Å². The Morgan fingerprint density at radius 3 is 2.63 bits per heavy atom. The molecule has 0 aliphatic carbocycles. The second-order valence-corrected chi connectivity index (χ2v) is 4.95. The maximum absolute atomic E-state index is 11.5. The van der Waals surface area contributed by atoms with Crippen molar-refractivity contribution in [1.29, 1.82) is 0 Å². The van der Waals surface area contributed by atoms with Crippen LogP contribution < -0.4 is 0 Å². The van der Waals surface area contributed by atoms with Crippen LogP contribution in [0.1, 0.15) is 24.9 Å². The number of fused-ring (bicyclic) bond motifs is 1. The van der Waals surface area contributed by atoms with Gasteiger partial charge in [0.1, 0.15) is 5.58 Å². The van der Waals surface area contributed by atoms with Gasteiger partial charge < -0.3 is 14.4 Å². The molecule has 19 heavy (non-hydrogen) atoms. The molecule has 1 N–H and O–H groups in total. The monoisotopic (exact) mass is 261 g/mol. The van der Waals surface area contributed by atoms with Crippen molar-refractivity contribution < 1.29 is 14.3 Å². The Bertz CT molecular complexity index is 574. The van der Waals surface area contributed by atoms with Gasteiger partial charge in [0, 0.05) is 10.9 Å². The average molecular weight is 261 g/mol. The lowest BCUT2D eigenvalue weighted by Gasteiger charge is -2.28. The lowest BCUT2D eigenvalue weighted by atomic mass is 9.90. The summed E-state index contributed by atoms with van der Waals surface area (Å²) >= 11 is 0. The first-order valence-electron chi connectivity index (χ1n) is 6.41. The lowest BCUT2D eigenvalue weighted by molar-refractivity contribution is -0.144. The molecule has 0 aliphatic heterocycles. The smallest absolute Gasteiger partial charge is 0.308 e. The molecule has 0 amide bonds. The maximum atomic E-state index is 11.5. The van der Waals surface area contributed by atoms with Crippen LogP contribution in [-0.4, -0.2) is 30.1 Å². The van der Waals surface area contributed by atoms with E-state index in [1.165, 1.54) is 0 Å². The SMILES string of the molecule is CCC(C(=O)O)C(c1coc2ccccc12)N(C)C. The van der Waals surface area contributed by atoms with Crippen molar-refractivity contribution in [2.75, 3.05) is 14.1 Å². The van der Waals surface area contributed by atoms with Crippen LogP contribution in [0.25, 0.3) is 11.0 Å². The second-order valence-electron chi connectivity index (χ2n) is 4.95. The Balaban J connectivity index is 2.53. The Kier molecular flexibility index (Phi) is 3.90.